The van der Waals surface area contributed by atoms with Crippen LogP contribution in [0.25, 0.3) is 0 Å². The van der Waals surface area contributed by atoms with E-state index in [1.54, 1.807) is 7.05 Å². The van der Waals surface area contributed by atoms with Crippen LogP contribution in [0.3, 0.4) is 0 Å². The lowest BCUT2D eigenvalue weighted by Crippen LogP contribution is -2.31. The van der Waals surface area contributed by atoms with Gasteiger partial charge in [-0.1, -0.05) is 11.6 Å². The third-order valence-electron chi connectivity index (χ3n) is 2.51. The number of aromatic nitrogens is 1. The predicted octanol–water partition coefficient (Wildman–Crippen LogP) is 2.74. The lowest BCUT2D eigenvalue weighted by Gasteiger charge is -2.10. The van der Waals surface area contributed by atoms with Crippen molar-refractivity contribution in [3.63, 3.8) is 0 Å². The molecule has 0 saturated carbocycles. The van der Waals surface area contributed by atoms with Crippen LogP contribution in [-0.4, -0.2) is 37.6 Å². The molecule has 134 valence electrons. The van der Waals surface area contributed by atoms with Crippen LogP contribution in [0.4, 0.5) is 19.0 Å². The number of likely N-dealkylation sites (N-methyl/N-ethyl adjacent to an activating group) is 1. The summed E-state index contributed by atoms with van der Waals surface area (Å²) in [6.07, 6.45) is -3.62. The average Bonchev–Trinajstić information content (AvgIpc) is 2.39. The third kappa shape index (κ3) is 9.04. The lowest BCUT2D eigenvalue weighted by atomic mass is 10.2. The summed E-state index contributed by atoms with van der Waals surface area (Å²) in [5.74, 6) is -0.0477. The molecule has 0 saturated heterocycles. The Labute approximate surface area is 149 Å². The molecule has 1 rings (SSSR count). The van der Waals surface area contributed by atoms with E-state index in [0.29, 0.717) is 19.3 Å². The minimum absolute atomic E-state index is 0. The first-order valence-electron chi connectivity index (χ1n) is 6.22. The topological polar surface area (TPSA) is 66.0 Å². The van der Waals surface area contributed by atoms with Gasteiger partial charge in [0.15, 0.2) is 0 Å². The molecule has 0 atom stereocenters. The van der Waals surface area contributed by atoms with Crippen molar-refractivity contribution in [3.05, 3.63) is 22.8 Å². The zero-order chi connectivity index (χ0) is 15.9. The van der Waals surface area contributed by atoms with Gasteiger partial charge in [0, 0.05) is 32.3 Å². The van der Waals surface area contributed by atoms with Gasteiger partial charge in [0.05, 0.1) is 10.6 Å². The van der Waals surface area contributed by atoms with E-state index in [1.165, 1.54) is 0 Å². The van der Waals surface area contributed by atoms with E-state index in [9.17, 15) is 18.0 Å². The molecule has 0 aliphatic carbocycles. The average molecular weight is 398 g/mol. The van der Waals surface area contributed by atoms with Gasteiger partial charge in [0.25, 0.3) is 0 Å². The molecule has 1 heterocycles. The molecule has 0 fully saturated rings. The van der Waals surface area contributed by atoms with Crippen LogP contribution in [0.5, 0.6) is 0 Å². The number of hydrogen-bond donors (Lipinski definition) is 3. The number of nitrogens with zero attached hydrogens (tertiary/aromatic N) is 1. The third-order valence-corrected chi connectivity index (χ3v) is 2.80. The van der Waals surface area contributed by atoms with E-state index in [-0.39, 0.29) is 54.5 Å². The van der Waals surface area contributed by atoms with Crippen LogP contribution >= 0.6 is 36.4 Å². The second-order valence-electron chi connectivity index (χ2n) is 4.18. The molecule has 1 aromatic rings. The lowest BCUT2D eigenvalue weighted by molar-refractivity contribution is -0.137. The molecule has 23 heavy (non-hydrogen) atoms. The number of carbonyl (C=O) groups excluding carboxylic acids is 1. The molecule has 3 N–H and O–H groups in total. The van der Waals surface area contributed by atoms with E-state index in [0.717, 1.165) is 6.07 Å². The summed E-state index contributed by atoms with van der Waals surface area (Å²) in [7, 11) is 1.77. The van der Waals surface area contributed by atoms with Crippen LogP contribution in [0.2, 0.25) is 5.02 Å². The number of halogens is 6. The maximum atomic E-state index is 12.4. The van der Waals surface area contributed by atoms with Gasteiger partial charge in [-0.15, -0.1) is 24.8 Å². The first-order valence-corrected chi connectivity index (χ1v) is 6.60. The summed E-state index contributed by atoms with van der Waals surface area (Å²) in [6, 6.07) is 0.796. The van der Waals surface area contributed by atoms with E-state index in [1.807, 2.05) is 0 Å². The van der Waals surface area contributed by atoms with E-state index in [4.69, 9.17) is 11.6 Å². The smallest absolute Gasteiger partial charge is 0.368 e. The van der Waals surface area contributed by atoms with Crippen molar-refractivity contribution in [3.8, 4) is 0 Å². The Bertz CT molecular complexity index is 489. The van der Waals surface area contributed by atoms with Crippen molar-refractivity contribution < 1.29 is 18.0 Å². The molecule has 0 spiro atoms. The van der Waals surface area contributed by atoms with Crippen LogP contribution < -0.4 is 16.0 Å². The number of nitrogens with one attached hydrogen (secondary N) is 3. The number of alkyl halides is 3. The fourth-order valence-electron chi connectivity index (χ4n) is 1.43. The van der Waals surface area contributed by atoms with Crippen LogP contribution in [0.15, 0.2) is 12.3 Å². The number of hydrogen-bond acceptors (Lipinski definition) is 4. The predicted molar refractivity (Wildman–Crippen MR) is 88.8 cm³/mol. The van der Waals surface area contributed by atoms with Gasteiger partial charge in [-0.25, -0.2) is 4.98 Å². The maximum absolute atomic E-state index is 12.4. The highest BCUT2D eigenvalue weighted by Gasteiger charge is 2.31. The minimum atomic E-state index is -4.48. The first kappa shape index (κ1) is 24.3. The standard InChI is InChI=1S/C12H16ClF3N4O.2ClH/c1-17-4-5-18-10(21)2-3-19-11-9(13)6-8(7-20-11)12(14,15)16;;/h6-7,17H,2-5H2,1H3,(H,18,21)(H,19,20);2*1H. The summed E-state index contributed by atoms with van der Waals surface area (Å²) >= 11 is 5.72. The molecule has 0 radical (unpaired) electrons. The second kappa shape index (κ2) is 11.6. The van der Waals surface area contributed by atoms with Gasteiger partial charge in [0.1, 0.15) is 5.82 Å². The number of amides is 1. The van der Waals surface area contributed by atoms with Gasteiger partial charge in [-0.05, 0) is 13.1 Å². The summed E-state index contributed by atoms with van der Waals surface area (Å²) in [4.78, 5) is 15.0. The highest BCUT2D eigenvalue weighted by atomic mass is 35.5. The highest BCUT2D eigenvalue weighted by molar-refractivity contribution is 6.32. The second-order valence-corrected chi connectivity index (χ2v) is 4.59. The monoisotopic (exact) mass is 396 g/mol. The highest BCUT2D eigenvalue weighted by Crippen LogP contribution is 2.32. The SMILES string of the molecule is CNCCNC(=O)CCNc1ncc(C(F)(F)F)cc1Cl.Cl.Cl. The van der Waals surface area contributed by atoms with Crippen LogP contribution in [0.1, 0.15) is 12.0 Å². The molecule has 0 unspecified atom stereocenters. The Hall–Kier alpha value is -0.960. The number of anilines is 1. The van der Waals surface area contributed by atoms with Crippen molar-refractivity contribution >= 4 is 48.1 Å². The van der Waals surface area contributed by atoms with Gasteiger partial charge in [-0.2, -0.15) is 13.2 Å². The van der Waals surface area contributed by atoms with Crippen molar-refractivity contribution in [1.82, 2.24) is 15.6 Å². The largest absolute Gasteiger partial charge is 0.417 e. The van der Waals surface area contributed by atoms with Crippen molar-refractivity contribution in [2.24, 2.45) is 0 Å². The fraction of sp³-hybridized carbons (Fsp3) is 0.500. The molecule has 0 aliphatic rings. The quantitative estimate of drug-likeness (QED) is 0.619. The first-order chi connectivity index (χ1) is 9.84. The Morgan fingerprint density at radius 2 is 1.91 bits per heavy atom. The van der Waals surface area contributed by atoms with Crippen molar-refractivity contribution in [2.75, 3.05) is 32.0 Å². The van der Waals surface area contributed by atoms with E-state index >= 15 is 0 Å². The molecular weight excluding hydrogens is 380 g/mol. The van der Waals surface area contributed by atoms with Crippen LogP contribution in [-0.2, 0) is 11.0 Å². The van der Waals surface area contributed by atoms with Gasteiger partial charge in [-0.3, -0.25) is 4.79 Å². The fourth-order valence-corrected chi connectivity index (χ4v) is 1.67. The molecule has 11 heteroatoms. The van der Waals surface area contributed by atoms with E-state index < -0.39 is 11.7 Å². The van der Waals surface area contributed by atoms with Crippen molar-refractivity contribution in [2.45, 2.75) is 12.6 Å². The number of pyridine rings is 1. The Balaban J connectivity index is 0. The molecule has 1 amide bonds. The zero-order valence-electron chi connectivity index (χ0n) is 12.2. The Morgan fingerprint density at radius 1 is 1.26 bits per heavy atom. The van der Waals surface area contributed by atoms with Crippen molar-refractivity contribution in [1.29, 1.82) is 0 Å². The van der Waals surface area contributed by atoms with E-state index in [2.05, 4.69) is 20.9 Å². The Morgan fingerprint density at radius 3 is 2.43 bits per heavy atom. The zero-order valence-corrected chi connectivity index (χ0v) is 14.6. The molecule has 1 aromatic heterocycles. The summed E-state index contributed by atoms with van der Waals surface area (Å²) in [5.41, 5.74) is -0.914. The summed E-state index contributed by atoms with van der Waals surface area (Å²) in [6.45, 7) is 1.39. The van der Waals surface area contributed by atoms with Crippen LogP contribution in [0, 0.1) is 0 Å². The number of rotatable bonds is 7. The summed E-state index contributed by atoms with van der Waals surface area (Å²) < 4.78 is 37.3. The minimum Gasteiger partial charge on any atom is -0.368 e. The van der Waals surface area contributed by atoms with Gasteiger partial charge >= 0.3 is 6.18 Å². The Kier molecular flexibility index (Phi) is 12.2. The molecule has 0 aromatic carbocycles. The summed E-state index contributed by atoms with van der Waals surface area (Å²) in [5, 5.41) is 8.14. The van der Waals surface area contributed by atoms with Gasteiger partial charge in [0.2, 0.25) is 5.91 Å². The molecule has 0 aliphatic heterocycles. The molecule has 0 bridgehead atoms. The van der Waals surface area contributed by atoms with Gasteiger partial charge < -0.3 is 16.0 Å². The maximum Gasteiger partial charge on any atom is 0.417 e. The normalized spacial score (nSPS) is 10.3. The number of carbonyl (C=O) groups is 1. The molecular formula is C12H18Cl3F3N4O. The molecule has 5 nitrogen and oxygen atoms in total.